The Kier molecular flexibility index (Phi) is 5.84. The van der Waals surface area contributed by atoms with Gasteiger partial charge in [-0.05, 0) is 29.9 Å². The van der Waals surface area contributed by atoms with E-state index >= 15 is 0 Å². The summed E-state index contributed by atoms with van der Waals surface area (Å²) in [6.07, 6.45) is 2.13. The number of allylic oxidation sites excluding steroid dienone is 2. The van der Waals surface area contributed by atoms with Crippen LogP contribution in [0.4, 0.5) is 0 Å². The number of aryl methyl sites for hydroxylation is 1. The highest BCUT2D eigenvalue weighted by Crippen LogP contribution is 2.57. The average molecular weight is 662 g/mol. The van der Waals surface area contributed by atoms with Crippen LogP contribution < -0.4 is 16.3 Å². The molecule has 1 spiro atoms. The van der Waals surface area contributed by atoms with Crippen molar-refractivity contribution < 1.29 is 39.2 Å². The number of nitrogens with one attached hydrogen (secondary N) is 2. The van der Waals surface area contributed by atoms with E-state index in [2.05, 4.69) is 37.0 Å². The third kappa shape index (κ3) is 3.37. The number of aromatic nitrogens is 1. The van der Waals surface area contributed by atoms with Gasteiger partial charge in [-0.1, -0.05) is 6.07 Å². The van der Waals surface area contributed by atoms with Crippen molar-refractivity contribution in [2.45, 2.75) is 18.3 Å². The minimum absolute atomic E-state index is 0.118. The summed E-state index contributed by atoms with van der Waals surface area (Å²) in [4.78, 5) is 71.7. The summed E-state index contributed by atoms with van der Waals surface area (Å²) in [6, 6.07) is 3.15. The zero-order chi connectivity index (χ0) is 31.2. The molecular weight excluding hydrogens is 642 g/mol. The number of guanidine groups is 1. The lowest BCUT2D eigenvalue weighted by molar-refractivity contribution is 0.0790. The molecule has 3 aliphatic carbocycles. The van der Waals surface area contributed by atoms with Crippen molar-refractivity contribution >= 4 is 62.2 Å². The molecule has 4 aliphatic rings. The van der Waals surface area contributed by atoms with E-state index < -0.39 is 79.4 Å². The maximum Gasteiger partial charge on any atom is 0.272 e. The fourth-order valence-electron chi connectivity index (χ4n) is 6.50. The highest BCUT2D eigenvalue weighted by Gasteiger charge is 2.61. The Bertz CT molecular complexity index is 2110. The van der Waals surface area contributed by atoms with E-state index in [1.165, 1.54) is 6.21 Å². The molecule has 2 heterocycles. The Hall–Kier alpha value is -5.31. The Balaban J connectivity index is 1.39. The van der Waals surface area contributed by atoms with E-state index in [0.29, 0.717) is 35.7 Å². The number of nitrogens with zero attached hydrogens (tertiary/aromatic N) is 3. The number of aromatic hydroxyl groups is 3. The molecule has 2 aromatic carbocycles. The van der Waals surface area contributed by atoms with Crippen molar-refractivity contribution in [1.82, 2.24) is 14.3 Å². The summed E-state index contributed by atoms with van der Waals surface area (Å²) in [5.41, 5.74) is -2.13. The van der Waals surface area contributed by atoms with Gasteiger partial charge in [0.05, 0.1) is 69.4 Å². The molecule has 0 amide bonds. The summed E-state index contributed by atoms with van der Waals surface area (Å²) >= 11 is 3.18. The fraction of sp³-hybridized carbons (Fsp3) is 0.207. The number of hydrazone groups is 1. The lowest BCUT2D eigenvalue weighted by Crippen LogP contribution is -2.36. The third-order valence-electron chi connectivity index (χ3n) is 8.43. The second kappa shape index (κ2) is 9.34. The quantitative estimate of drug-likeness (QED) is 0.117. The predicted molar refractivity (Wildman–Crippen MR) is 157 cm³/mol. The van der Waals surface area contributed by atoms with Gasteiger partial charge in [0, 0.05) is 18.2 Å². The molecule has 1 aromatic heterocycles. The first kappa shape index (κ1) is 27.5. The predicted octanol–water partition coefficient (Wildman–Crippen LogP) is 1.33. The smallest absolute Gasteiger partial charge is 0.272 e. The van der Waals surface area contributed by atoms with Crippen LogP contribution in [0.15, 0.2) is 38.9 Å². The van der Waals surface area contributed by atoms with Gasteiger partial charge >= 0.3 is 0 Å². The lowest BCUT2D eigenvalue weighted by atomic mass is 9.76. The number of carbonyl (C=O) groups is 4. The standard InChI is InChI=1S/C29H20BrN5O9/c1-44-14-8-13(36)16-17(21(14)37)23(39)19-18(22(16)38)25(41)29(26(19)42)3-2-10-6-11-7-12(9-33-34-28-31-4-5-32-28)35(30)27(43)15(11)24(40)20(10)29/h6-9,38-40H,2-5H2,1H3,(H2,31,32,34)/t29-/m0/s1. The maximum absolute atomic E-state index is 14.1. The van der Waals surface area contributed by atoms with Crippen LogP contribution >= 0.6 is 16.1 Å². The fourth-order valence-corrected chi connectivity index (χ4v) is 6.87. The molecule has 0 bridgehead atoms. The number of benzene rings is 2. The van der Waals surface area contributed by atoms with Crippen molar-refractivity contribution in [3.63, 3.8) is 0 Å². The number of Topliss-reactive ketones (excluding diaryl/α,β-unsaturated/α-hetero) is 3. The molecule has 1 aliphatic heterocycles. The monoisotopic (exact) mass is 661 g/mol. The van der Waals surface area contributed by atoms with Crippen molar-refractivity contribution in [1.29, 1.82) is 0 Å². The van der Waals surface area contributed by atoms with Crippen LogP contribution in [0.25, 0.3) is 10.8 Å². The first-order valence-corrected chi connectivity index (χ1v) is 14.0. The number of hydrogen-bond acceptors (Lipinski definition) is 13. The second-order valence-corrected chi connectivity index (χ2v) is 11.3. The largest absolute Gasteiger partial charge is 0.507 e. The number of hydrogen-bond donors (Lipinski definition) is 5. The molecule has 0 unspecified atom stereocenters. The van der Waals surface area contributed by atoms with Gasteiger partial charge in [-0.2, -0.15) is 5.10 Å². The molecule has 0 fully saturated rings. The molecule has 1 atom stereocenters. The van der Waals surface area contributed by atoms with Gasteiger partial charge in [0.2, 0.25) is 11.7 Å². The lowest BCUT2D eigenvalue weighted by Gasteiger charge is -2.23. The number of methoxy groups -OCH3 is 1. The third-order valence-corrected chi connectivity index (χ3v) is 9.16. The maximum atomic E-state index is 14.1. The topological polar surface area (TPSA) is 209 Å². The molecule has 3 aromatic rings. The number of fused-ring (bicyclic) bond motifs is 5. The number of halogens is 1. The number of rotatable bonds is 3. The number of phenolic OH excluding ortho intramolecular Hbond substituents is 3. The van der Waals surface area contributed by atoms with Gasteiger partial charge in [-0.3, -0.25) is 24.0 Å². The van der Waals surface area contributed by atoms with Gasteiger partial charge in [0.1, 0.15) is 22.7 Å². The summed E-state index contributed by atoms with van der Waals surface area (Å²) in [5.74, 6) is -6.26. The first-order valence-electron chi connectivity index (χ1n) is 13.3. The Labute approximate surface area is 254 Å². The van der Waals surface area contributed by atoms with Gasteiger partial charge in [-0.25, -0.2) is 14.0 Å². The van der Waals surface area contributed by atoms with Gasteiger partial charge in [0.15, 0.2) is 23.1 Å². The summed E-state index contributed by atoms with van der Waals surface area (Å²) in [7, 11) is 1.13. The van der Waals surface area contributed by atoms with Crippen molar-refractivity contribution in [2.75, 3.05) is 20.2 Å². The molecule has 222 valence electrons. The molecule has 15 heteroatoms. The van der Waals surface area contributed by atoms with Crippen LogP contribution in [0.1, 0.15) is 64.7 Å². The van der Waals surface area contributed by atoms with E-state index in [-0.39, 0.29) is 23.8 Å². The molecule has 0 saturated heterocycles. The van der Waals surface area contributed by atoms with Crippen LogP contribution in [0.2, 0.25) is 0 Å². The minimum atomic E-state index is -2.12. The van der Waals surface area contributed by atoms with Crippen molar-refractivity contribution in [3.8, 4) is 17.2 Å². The SMILES string of the molecule is COC1=CC(=O)c2c(O)c3c(c(O)c2C1=O)C(=O)[C@]1(CCc2cc4cc(C=NNC5=NCCN5)n(Br)c(=O)c4c(O)c21)C3=O. The number of ketones is 4. The second-order valence-electron chi connectivity index (χ2n) is 10.6. The molecule has 14 nitrogen and oxygen atoms in total. The number of phenols is 3. The highest BCUT2D eigenvalue weighted by molar-refractivity contribution is 9.08. The number of carbonyl (C=O) groups excluding carboxylic acids is 4. The minimum Gasteiger partial charge on any atom is -0.507 e. The summed E-state index contributed by atoms with van der Waals surface area (Å²) < 4.78 is 5.97. The molecule has 0 radical (unpaired) electrons. The Morgan fingerprint density at radius 1 is 1.05 bits per heavy atom. The first-order chi connectivity index (χ1) is 21.0. The van der Waals surface area contributed by atoms with E-state index in [4.69, 9.17) is 4.74 Å². The molecule has 5 N–H and O–H groups in total. The molecular formula is C29H20BrN5O9. The molecule has 44 heavy (non-hydrogen) atoms. The zero-order valence-corrected chi connectivity index (χ0v) is 24.2. The summed E-state index contributed by atoms with van der Waals surface area (Å²) in [5, 5.41) is 41.0. The van der Waals surface area contributed by atoms with Crippen LogP contribution in [-0.2, 0) is 16.6 Å². The van der Waals surface area contributed by atoms with Crippen molar-refractivity contribution in [3.05, 3.63) is 73.4 Å². The van der Waals surface area contributed by atoms with Gasteiger partial charge < -0.3 is 25.4 Å². The number of pyridine rings is 1. The van der Waals surface area contributed by atoms with Gasteiger partial charge in [-0.15, -0.1) is 0 Å². The average Bonchev–Trinajstić information content (AvgIpc) is 3.70. The van der Waals surface area contributed by atoms with Crippen LogP contribution in [0, 0.1) is 0 Å². The number of ether oxygens (including phenoxy) is 1. The van der Waals surface area contributed by atoms with Gasteiger partial charge in [0.25, 0.3) is 5.56 Å². The molecule has 7 rings (SSSR count). The molecule has 0 saturated carbocycles. The Morgan fingerprint density at radius 3 is 2.41 bits per heavy atom. The Morgan fingerprint density at radius 2 is 1.75 bits per heavy atom. The van der Waals surface area contributed by atoms with E-state index in [9.17, 15) is 39.3 Å². The van der Waals surface area contributed by atoms with Crippen LogP contribution in [0.3, 0.4) is 0 Å². The zero-order valence-electron chi connectivity index (χ0n) is 22.6. The van der Waals surface area contributed by atoms with Crippen LogP contribution in [-0.4, -0.2) is 74.4 Å². The van der Waals surface area contributed by atoms with E-state index in [1.807, 2.05) is 0 Å². The van der Waals surface area contributed by atoms with Crippen LogP contribution in [0.5, 0.6) is 17.2 Å². The highest BCUT2D eigenvalue weighted by atomic mass is 79.9. The van der Waals surface area contributed by atoms with Crippen molar-refractivity contribution in [2.24, 2.45) is 10.1 Å². The normalized spacial score (nSPS) is 20.2. The van der Waals surface area contributed by atoms with E-state index in [1.54, 1.807) is 12.1 Å². The van der Waals surface area contributed by atoms with E-state index in [0.717, 1.165) is 16.8 Å². The number of aliphatic imine (C=N–C) groups is 1. The summed E-state index contributed by atoms with van der Waals surface area (Å²) in [6.45, 7) is 1.27.